The van der Waals surface area contributed by atoms with Gasteiger partial charge < -0.3 is 18.9 Å². The second-order valence-electron chi connectivity index (χ2n) is 12.9. The number of hydrogen-bond donors (Lipinski definition) is 0. The second-order valence-corrected chi connectivity index (χ2v) is 12.9. The van der Waals surface area contributed by atoms with Gasteiger partial charge >= 0.3 is 11.9 Å². The molecule has 2 aromatic rings. The number of unbranched alkanes of at least 4 members (excludes halogenated alkanes) is 12. The van der Waals surface area contributed by atoms with E-state index in [0.29, 0.717) is 50.6 Å². The van der Waals surface area contributed by atoms with E-state index in [1.54, 1.807) is 24.3 Å². The lowest BCUT2D eigenvalue weighted by Crippen LogP contribution is -2.48. The molecular weight excluding hydrogens is 604 g/mol. The van der Waals surface area contributed by atoms with Crippen molar-refractivity contribution >= 4 is 11.9 Å². The summed E-state index contributed by atoms with van der Waals surface area (Å²) in [5.74, 6) is 0.969. The monoisotopic (exact) mass is 666 g/mol. The van der Waals surface area contributed by atoms with E-state index in [1.165, 1.54) is 77.0 Å². The van der Waals surface area contributed by atoms with Crippen LogP contribution in [0.3, 0.4) is 0 Å². The zero-order valence-corrected chi connectivity index (χ0v) is 29.9. The largest absolute Gasteiger partial charge is 0.494 e. The van der Waals surface area contributed by atoms with Gasteiger partial charge in [-0.05, 0) is 61.4 Å². The molecule has 1 heterocycles. The number of piperazine rings is 1. The Balaban J connectivity index is 1.19. The standard InChI is InChI=1S/C40H62N2O6/c1-3-5-7-9-11-13-15-31-45-37-21-17-35(18-22-37)39(43)47-33-29-41-25-27-42(28-26-41)30-34-48-40(44)36-19-23-38(24-20-36)46-32-16-14-12-10-8-6-4-2/h17-24H,3-16,25-34H2,1-2H3. The molecule has 0 N–H and O–H groups in total. The van der Waals surface area contributed by atoms with Gasteiger partial charge in [0, 0.05) is 39.3 Å². The summed E-state index contributed by atoms with van der Waals surface area (Å²) < 4.78 is 22.7. The molecule has 0 radical (unpaired) electrons. The maximum Gasteiger partial charge on any atom is 0.338 e. The Morgan fingerprint density at radius 2 is 0.812 bits per heavy atom. The molecule has 48 heavy (non-hydrogen) atoms. The molecule has 0 aliphatic carbocycles. The molecule has 1 aliphatic heterocycles. The Hall–Kier alpha value is -3.10. The minimum atomic E-state index is -0.306. The van der Waals surface area contributed by atoms with Crippen LogP contribution in [0, 0.1) is 0 Å². The van der Waals surface area contributed by atoms with Crippen molar-refractivity contribution in [2.45, 2.75) is 104 Å². The fourth-order valence-corrected chi connectivity index (χ4v) is 5.81. The molecule has 1 saturated heterocycles. The van der Waals surface area contributed by atoms with Crippen molar-refractivity contribution in [2.24, 2.45) is 0 Å². The van der Waals surface area contributed by atoms with E-state index >= 15 is 0 Å². The van der Waals surface area contributed by atoms with Crippen LogP contribution in [0.2, 0.25) is 0 Å². The lowest BCUT2D eigenvalue weighted by Gasteiger charge is -2.34. The third-order valence-electron chi connectivity index (χ3n) is 8.96. The Labute approximate surface area is 290 Å². The molecule has 268 valence electrons. The van der Waals surface area contributed by atoms with Gasteiger partial charge in [-0.15, -0.1) is 0 Å². The fraction of sp³-hybridized carbons (Fsp3) is 0.650. The molecule has 0 bridgehead atoms. The van der Waals surface area contributed by atoms with Crippen LogP contribution < -0.4 is 9.47 Å². The SMILES string of the molecule is CCCCCCCCCOc1ccc(C(=O)OCCN2CCN(CCOC(=O)c3ccc(OCCCCCCCCC)cc3)CC2)cc1. The number of ether oxygens (including phenoxy) is 4. The van der Waals surface area contributed by atoms with E-state index in [4.69, 9.17) is 18.9 Å². The van der Waals surface area contributed by atoms with E-state index < -0.39 is 0 Å². The van der Waals surface area contributed by atoms with E-state index in [2.05, 4.69) is 23.6 Å². The van der Waals surface area contributed by atoms with Gasteiger partial charge in [-0.2, -0.15) is 0 Å². The number of rotatable bonds is 26. The number of carbonyl (C=O) groups excluding carboxylic acids is 2. The molecular formula is C40H62N2O6. The Bertz CT molecular complexity index is 1030. The van der Waals surface area contributed by atoms with E-state index in [9.17, 15) is 9.59 Å². The minimum absolute atomic E-state index is 0.306. The van der Waals surface area contributed by atoms with Gasteiger partial charge in [-0.1, -0.05) is 90.9 Å². The molecule has 0 amide bonds. The van der Waals surface area contributed by atoms with Crippen molar-refractivity contribution in [2.75, 3.05) is 65.7 Å². The van der Waals surface area contributed by atoms with Crippen LogP contribution in [-0.2, 0) is 9.47 Å². The van der Waals surface area contributed by atoms with Crippen molar-refractivity contribution in [3.8, 4) is 11.5 Å². The van der Waals surface area contributed by atoms with E-state index in [-0.39, 0.29) is 11.9 Å². The molecule has 0 atom stereocenters. The van der Waals surface area contributed by atoms with Gasteiger partial charge in [-0.25, -0.2) is 9.59 Å². The highest BCUT2D eigenvalue weighted by Gasteiger charge is 2.18. The topological polar surface area (TPSA) is 77.5 Å². The van der Waals surface area contributed by atoms with Crippen LogP contribution in [-0.4, -0.2) is 87.4 Å². The van der Waals surface area contributed by atoms with Crippen LogP contribution >= 0.6 is 0 Å². The van der Waals surface area contributed by atoms with Crippen LogP contribution in [0.5, 0.6) is 11.5 Å². The predicted molar refractivity (Wildman–Crippen MR) is 193 cm³/mol. The van der Waals surface area contributed by atoms with Crippen LogP contribution in [0.1, 0.15) is 124 Å². The van der Waals surface area contributed by atoms with E-state index in [1.807, 2.05) is 24.3 Å². The van der Waals surface area contributed by atoms with Crippen LogP contribution in [0.15, 0.2) is 48.5 Å². The molecule has 2 aromatic carbocycles. The first-order valence-corrected chi connectivity index (χ1v) is 18.8. The predicted octanol–water partition coefficient (Wildman–Crippen LogP) is 8.58. The van der Waals surface area contributed by atoms with Crippen LogP contribution in [0.25, 0.3) is 0 Å². The average molecular weight is 667 g/mol. The summed E-state index contributed by atoms with van der Waals surface area (Å²) in [4.78, 5) is 29.6. The fourth-order valence-electron chi connectivity index (χ4n) is 5.81. The highest BCUT2D eigenvalue weighted by Crippen LogP contribution is 2.16. The number of benzene rings is 2. The zero-order valence-electron chi connectivity index (χ0n) is 29.9. The van der Waals surface area contributed by atoms with Gasteiger partial charge in [0.15, 0.2) is 0 Å². The summed E-state index contributed by atoms with van der Waals surface area (Å²) in [5, 5.41) is 0. The van der Waals surface area contributed by atoms with Gasteiger partial charge in [0.25, 0.3) is 0 Å². The molecule has 3 rings (SSSR count). The first-order chi connectivity index (χ1) is 23.6. The smallest absolute Gasteiger partial charge is 0.338 e. The molecule has 8 heteroatoms. The van der Waals surface area contributed by atoms with Crippen molar-refractivity contribution in [3.63, 3.8) is 0 Å². The van der Waals surface area contributed by atoms with Crippen LogP contribution in [0.4, 0.5) is 0 Å². The number of carbonyl (C=O) groups is 2. The summed E-state index contributed by atoms with van der Waals surface area (Å²) in [7, 11) is 0. The van der Waals surface area contributed by atoms with Crippen molar-refractivity contribution < 1.29 is 28.5 Å². The van der Waals surface area contributed by atoms with E-state index in [0.717, 1.165) is 50.5 Å². The normalized spacial score (nSPS) is 13.7. The van der Waals surface area contributed by atoms with Gasteiger partial charge in [0.1, 0.15) is 24.7 Å². The quantitative estimate of drug-likeness (QED) is 0.0730. The Morgan fingerprint density at radius 1 is 0.479 bits per heavy atom. The molecule has 1 aliphatic rings. The third kappa shape index (κ3) is 16.8. The third-order valence-corrected chi connectivity index (χ3v) is 8.96. The van der Waals surface area contributed by atoms with Crippen molar-refractivity contribution in [3.05, 3.63) is 59.7 Å². The number of esters is 2. The highest BCUT2D eigenvalue weighted by atomic mass is 16.5. The lowest BCUT2D eigenvalue weighted by atomic mass is 10.1. The summed E-state index contributed by atoms with van der Waals surface area (Å²) in [6.07, 6.45) is 17.6. The summed E-state index contributed by atoms with van der Waals surface area (Å²) >= 11 is 0. The number of hydrogen-bond acceptors (Lipinski definition) is 8. The first-order valence-electron chi connectivity index (χ1n) is 18.8. The zero-order chi connectivity index (χ0) is 34.1. The number of nitrogens with zero attached hydrogens (tertiary/aromatic N) is 2. The highest BCUT2D eigenvalue weighted by molar-refractivity contribution is 5.90. The molecule has 0 unspecified atom stereocenters. The molecule has 0 aromatic heterocycles. The Kier molecular flexibility index (Phi) is 20.5. The first kappa shape index (κ1) is 39.3. The molecule has 8 nitrogen and oxygen atoms in total. The molecule has 0 spiro atoms. The van der Waals surface area contributed by atoms with Gasteiger partial charge in [0.05, 0.1) is 24.3 Å². The summed E-state index contributed by atoms with van der Waals surface area (Å²) in [6, 6.07) is 14.5. The van der Waals surface area contributed by atoms with Gasteiger partial charge in [-0.3, -0.25) is 9.80 Å². The average Bonchev–Trinajstić information content (AvgIpc) is 3.11. The molecule has 0 saturated carbocycles. The summed E-state index contributed by atoms with van der Waals surface area (Å²) in [6.45, 7) is 11.6. The van der Waals surface area contributed by atoms with Crippen molar-refractivity contribution in [1.29, 1.82) is 0 Å². The minimum Gasteiger partial charge on any atom is -0.494 e. The van der Waals surface area contributed by atoms with Gasteiger partial charge in [0.2, 0.25) is 0 Å². The second kappa shape index (κ2) is 25.0. The Morgan fingerprint density at radius 3 is 1.17 bits per heavy atom. The maximum atomic E-state index is 12.5. The maximum absolute atomic E-state index is 12.5. The lowest BCUT2D eigenvalue weighted by molar-refractivity contribution is 0.0352. The van der Waals surface area contributed by atoms with Crippen molar-refractivity contribution in [1.82, 2.24) is 9.80 Å². The summed E-state index contributed by atoms with van der Waals surface area (Å²) in [5.41, 5.74) is 1.08. The molecule has 1 fully saturated rings.